The molecule has 7 heteroatoms. The van der Waals surface area contributed by atoms with E-state index < -0.39 is 0 Å². The molecule has 4 rings (SSSR count). The second-order valence-corrected chi connectivity index (χ2v) is 7.10. The van der Waals surface area contributed by atoms with Gasteiger partial charge in [0.25, 0.3) is 5.91 Å². The number of anilines is 2. The lowest BCUT2D eigenvalue weighted by Crippen LogP contribution is -2.49. The number of aromatic nitrogens is 2. The average molecular weight is 353 g/mol. The van der Waals surface area contributed by atoms with E-state index in [-0.39, 0.29) is 5.91 Å². The highest BCUT2D eigenvalue weighted by Gasteiger charge is 2.25. The Bertz CT molecular complexity index is 930. The molecule has 1 aliphatic heterocycles. The highest BCUT2D eigenvalue weighted by molar-refractivity contribution is 7.17. The fraction of sp³-hybridized carbons (Fsp3) is 0.278. The van der Waals surface area contributed by atoms with Crippen molar-refractivity contribution in [1.29, 1.82) is 0 Å². The van der Waals surface area contributed by atoms with Crippen molar-refractivity contribution in [1.82, 2.24) is 14.9 Å². The Hall–Kier alpha value is -2.67. The molecule has 3 aromatic rings. The first-order chi connectivity index (χ1) is 12.1. The molecular weight excluding hydrogens is 334 g/mol. The number of nitrogens with zero attached hydrogens (tertiary/aromatic N) is 4. The monoisotopic (exact) mass is 353 g/mol. The summed E-state index contributed by atoms with van der Waals surface area (Å²) in [6, 6.07) is 7.50. The van der Waals surface area contributed by atoms with Crippen molar-refractivity contribution in [3.8, 4) is 0 Å². The summed E-state index contributed by atoms with van der Waals surface area (Å²) in [5.74, 6) is 1.01. The molecule has 0 unspecified atom stereocenters. The normalized spacial score (nSPS) is 14.9. The number of nitrogen functional groups attached to an aromatic ring is 1. The number of piperazine rings is 1. The van der Waals surface area contributed by atoms with Gasteiger partial charge in [-0.15, -0.1) is 11.3 Å². The molecule has 6 nitrogen and oxygen atoms in total. The van der Waals surface area contributed by atoms with E-state index >= 15 is 0 Å². The Labute approximate surface area is 149 Å². The SMILES string of the molecule is Cc1ccc(N)cc1C(=O)N1CCN(c2ncnc3ccsc23)CC1. The van der Waals surface area contributed by atoms with Gasteiger partial charge in [0.2, 0.25) is 0 Å². The highest BCUT2D eigenvalue weighted by Crippen LogP contribution is 2.28. The van der Waals surface area contributed by atoms with E-state index in [1.54, 1.807) is 23.7 Å². The van der Waals surface area contributed by atoms with E-state index in [4.69, 9.17) is 5.73 Å². The Morgan fingerprint density at radius 2 is 1.96 bits per heavy atom. The summed E-state index contributed by atoms with van der Waals surface area (Å²) in [6.07, 6.45) is 1.61. The van der Waals surface area contributed by atoms with Crippen LogP contribution in [-0.4, -0.2) is 47.0 Å². The van der Waals surface area contributed by atoms with Gasteiger partial charge in [0.05, 0.1) is 10.2 Å². The van der Waals surface area contributed by atoms with Crippen molar-refractivity contribution in [3.05, 3.63) is 47.1 Å². The molecule has 0 radical (unpaired) electrons. The lowest BCUT2D eigenvalue weighted by molar-refractivity contribution is 0.0746. The Balaban J connectivity index is 1.51. The van der Waals surface area contributed by atoms with Crippen LogP contribution in [0.4, 0.5) is 11.5 Å². The molecule has 1 aliphatic rings. The van der Waals surface area contributed by atoms with Crippen LogP contribution in [0, 0.1) is 6.92 Å². The lowest BCUT2D eigenvalue weighted by Gasteiger charge is -2.35. The molecule has 0 bridgehead atoms. The number of nitrogens with two attached hydrogens (primary N) is 1. The largest absolute Gasteiger partial charge is 0.399 e. The summed E-state index contributed by atoms with van der Waals surface area (Å²) in [5, 5.41) is 2.03. The van der Waals surface area contributed by atoms with Crippen molar-refractivity contribution in [2.75, 3.05) is 36.8 Å². The minimum absolute atomic E-state index is 0.0495. The number of fused-ring (bicyclic) bond motifs is 1. The summed E-state index contributed by atoms with van der Waals surface area (Å²) in [7, 11) is 0. The van der Waals surface area contributed by atoms with Crippen molar-refractivity contribution in [3.63, 3.8) is 0 Å². The summed E-state index contributed by atoms with van der Waals surface area (Å²) < 4.78 is 1.11. The zero-order valence-electron chi connectivity index (χ0n) is 14.0. The maximum absolute atomic E-state index is 12.8. The summed E-state index contributed by atoms with van der Waals surface area (Å²) >= 11 is 1.65. The molecule has 0 atom stereocenters. The molecule has 0 aliphatic carbocycles. The van der Waals surface area contributed by atoms with Crippen LogP contribution in [0.2, 0.25) is 0 Å². The maximum atomic E-state index is 12.8. The topological polar surface area (TPSA) is 75.4 Å². The van der Waals surface area contributed by atoms with Crippen LogP contribution in [0.3, 0.4) is 0 Å². The van der Waals surface area contributed by atoms with Gasteiger partial charge in [0.15, 0.2) is 0 Å². The van der Waals surface area contributed by atoms with Gasteiger partial charge in [-0.1, -0.05) is 6.07 Å². The first-order valence-corrected chi connectivity index (χ1v) is 9.10. The molecule has 25 heavy (non-hydrogen) atoms. The molecule has 3 heterocycles. The van der Waals surface area contributed by atoms with Crippen LogP contribution in [-0.2, 0) is 0 Å². The minimum Gasteiger partial charge on any atom is -0.399 e. The first kappa shape index (κ1) is 15.8. The summed E-state index contributed by atoms with van der Waals surface area (Å²) in [4.78, 5) is 25.7. The number of rotatable bonds is 2. The van der Waals surface area contributed by atoms with E-state index in [0.29, 0.717) is 24.3 Å². The van der Waals surface area contributed by atoms with E-state index in [9.17, 15) is 4.79 Å². The number of amides is 1. The predicted molar refractivity (Wildman–Crippen MR) is 101 cm³/mol. The van der Waals surface area contributed by atoms with Crippen molar-refractivity contribution in [2.45, 2.75) is 6.92 Å². The zero-order chi connectivity index (χ0) is 17.4. The second kappa shape index (κ2) is 6.33. The van der Waals surface area contributed by atoms with Crippen molar-refractivity contribution in [2.24, 2.45) is 0 Å². The van der Waals surface area contributed by atoms with Crippen LogP contribution in [0.25, 0.3) is 10.2 Å². The molecule has 0 spiro atoms. The van der Waals surface area contributed by atoms with E-state index in [0.717, 1.165) is 34.7 Å². The lowest BCUT2D eigenvalue weighted by atomic mass is 10.1. The van der Waals surface area contributed by atoms with Gasteiger partial charge in [0, 0.05) is 37.4 Å². The van der Waals surface area contributed by atoms with Gasteiger partial charge < -0.3 is 15.5 Å². The van der Waals surface area contributed by atoms with Crippen LogP contribution < -0.4 is 10.6 Å². The van der Waals surface area contributed by atoms with E-state index in [1.807, 2.05) is 35.4 Å². The standard InChI is InChI=1S/C18H19N5OS/c1-12-2-3-13(19)10-14(12)18(24)23-7-5-22(6-8-23)17-16-15(4-9-25-16)20-11-21-17/h2-4,9-11H,5-8,19H2,1H3. The van der Waals surface area contributed by atoms with Gasteiger partial charge in [-0.05, 0) is 36.1 Å². The van der Waals surface area contributed by atoms with Gasteiger partial charge in [0.1, 0.15) is 12.1 Å². The first-order valence-electron chi connectivity index (χ1n) is 8.22. The third-order valence-electron chi connectivity index (χ3n) is 4.58. The fourth-order valence-corrected chi connectivity index (χ4v) is 4.02. The number of hydrogen-bond acceptors (Lipinski definition) is 6. The molecule has 1 aromatic carbocycles. The molecule has 2 N–H and O–H groups in total. The van der Waals surface area contributed by atoms with Gasteiger partial charge in [-0.25, -0.2) is 9.97 Å². The third kappa shape index (κ3) is 2.91. The molecule has 128 valence electrons. The Morgan fingerprint density at radius 1 is 1.16 bits per heavy atom. The average Bonchev–Trinajstić information content (AvgIpc) is 3.12. The quantitative estimate of drug-likeness (QED) is 0.717. The molecule has 0 saturated carbocycles. The van der Waals surface area contributed by atoms with E-state index in [1.165, 1.54) is 0 Å². The number of benzene rings is 1. The number of thiophene rings is 1. The Kier molecular flexibility index (Phi) is 4.01. The highest BCUT2D eigenvalue weighted by atomic mass is 32.1. The van der Waals surface area contributed by atoms with Crippen molar-refractivity contribution >= 4 is 39.0 Å². The summed E-state index contributed by atoms with van der Waals surface area (Å²) in [5.41, 5.74) is 9.09. The maximum Gasteiger partial charge on any atom is 0.254 e. The fourth-order valence-electron chi connectivity index (χ4n) is 3.16. The number of aryl methyl sites for hydroxylation is 1. The van der Waals surface area contributed by atoms with E-state index in [2.05, 4.69) is 14.9 Å². The zero-order valence-corrected chi connectivity index (χ0v) is 14.8. The number of carbonyl (C=O) groups excluding carboxylic acids is 1. The molecule has 1 amide bonds. The minimum atomic E-state index is 0.0495. The predicted octanol–water partition coefficient (Wildman–Crippen LogP) is 2.54. The molecule has 1 fully saturated rings. The van der Waals surface area contributed by atoms with Gasteiger partial charge in [-0.2, -0.15) is 0 Å². The Morgan fingerprint density at radius 3 is 2.76 bits per heavy atom. The molecule has 1 saturated heterocycles. The number of carbonyl (C=O) groups is 1. The molecular formula is C18H19N5OS. The van der Waals surface area contributed by atoms with Gasteiger partial charge >= 0.3 is 0 Å². The third-order valence-corrected chi connectivity index (χ3v) is 5.48. The molecule has 2 aromatic heterocycles. The smallest absolute Gasteiger partial charge is 0.254 e. The van der Waals surface area contributed by atoms with Crippen LogP contribution >= 0.6 is 11.3 Å². The van der Waals surface area contributed by atoms with Gasteiger partial charge in [-0.3, -0.25) is 4.79 Å². The van der Waals surface area contributed by atoms with Crippen LogP contribution in [0.15, 0.2) is 36.0 Å². The van der Waals surface area contributed by atoms with Crippen LogP contribution in [0.1, 0.15) is 15.9 Å². The number of hydrogen-bond donors (Lipinski definition) is 1. The van der Waals surface area contributed by atoms with Crippen LogP contribution in [0.5, 0.6) is 0 Å². The second-order valence-electron chi connectivity index (χ2n) is 6.19. The van der Waals surface area contributed by atoms with Crippen molar-refractivity contribution < 1.29 is 4.79 Å². The summed E-state index contributed by atoms with van der Waals surface area (Å²) in [6.45, 7) is 4.81.